The van der Waals surface area contributed by atoms with Gasteiger partial charge in [0, 0.05) is 12.0 Å². The van der Waals surface area contributed by atoms with Gasteiger partial charge in [-0.2, -0.15) is 0 Å². The molecule has 2 aromatic rings. The smallest absolute Gasteiger partial charge is 0.0390 e. The van der Waals surface area contributed by atoms with Gasteiger partial charge in [-0.15, -0.1) is 0 Å². The first-order valence-electron chi connectivity index (χ1n) is 7.80. The van der Waals surface area contributed by atoms with Crippen molar-refractivity contribution < 1.29 is 0 Å². The van der Waals surface area contributed by atoms with Crippen LogP contribution in [0.25, 0.3) is 0 Å². The lowest BCUT2D eigenvalue weighted by atomic mass is 9.87. The second-order valence-corrected chi connectivity index (χ2v) is 6.18. The summed E-state index contributed by atoms with van der Waals surface area (Å²) in [6.07, 6.45) is 4.00. The molecule has 2 unspecified atom stereocenters. The molecule has 1 aliphatic carbocycles. The molecule has 0 spiro atoms. The third kappa shape index (κ3) is 2.27. The number of hydrogen-bond acceptors (Lipinski definition) is 1. The zero-order valence-electron chi connectivity index (χ0n) is 11.8. The van der Waals surface area contributed by atoms with Gasteiger partial charge in [0.15, 0.2) is 0 Å². The predicted octanol–water partition coefficient (Wildman–Crippen LogP) is 4.38. The number of hydrogen-bond donors (Lipinski definition) is 1. The lowest BCUT2D eigenvalue weighted by Crippen LogP contribution is -2.17. The normalized spacial score (nSPS) is 25.8. The fourth-order valence-corrected chi connectivity index (χ4v) is 3.50. The van der Waals surface area contributed by atoms with Crippen LogP contribution in [-0.2, 0) is 0 Å². The number of benzene rings is 2. The van der Waals surface area contributed by atoms with Crippen molar-refractivity contribution in [1.29, 1.82) is 0 Å². The van der Waals surface area contributed by atoms with Crippen LogP contribution in [0.3, 0.4) is 0 Å². The lowest BCUT2D eigenvalue weighted by Gasteiger charge is -2.20. The quantitative estimate of drug-likeness (QED) is 0.866. The molecule has 1 heteroatoms. The van der Waals surface area contributed by atoms with Crippen LogP contribution in [0.5, 0.6) is 0 Å². The van der Waals surface area contributed by atoms with Gasteiger partial charge in [0.25, 0.3) is 0 Å². The van der Waals surface area contributed by atoms with Gasteiger partial charge >= 0.3 is 0 Å². The van der Waals surface area contributed by atoms with E-state index in [4.69, 9.17) is 0 Å². The summed E-state index contributed by atoms with van der Waals surface area (Å²) in [5.74, 6) is 1.47. The molecule has 1 saturated heterocycles. The van der Waals surface area contributed by atoms with Gasteiger partial charge in [0.2, 0.25) is 0 Å². The lowest BCUT2D eigenvalue weighted by molar-refractivity contribution is 0.578. The van der Waals surface area contributed by atoms with Gasteiger partial charge in [-0.1, -0.05) is 54.6 Å². The highest BCUT2D eigenvalue weighted by Crippen LogP contribution is 2.42. The summed E-state index contributed by atoms with van der Waals surface area (Å²) in [7, 11) is 0. The Morgan fingerprint density at radius 1 is 0.700 bits per heavy atom. The van der Waals surface area contributed by atoms with Crippen LogP contribution in [0, 0.1) is 0 Å². The summed E-state index contributed by atoms with van der Waals surface area (Å²) in [5, 5.41) is 3.69. The molecule has 4 rings (SSSR count). The Balaban J connectivity index is 1.59. The Morgan fingerprint density at radius 2 is 1.40 bits per heavy atom. The van der Waals surface area contributed by atoms with Gasteiger partial charge in [0.05, 0.1) is 0 Å². The van der Waals surface area contributed by atoms with Crippen molar-refractivity contribution in [3.05, 3.63) is 71.3 Å². The van der Waals surface area contributed by atoms with Crippen LogP contribution < -0.4 is 5.32 Å². The van der Waals surface area contributed by atoms with Gasteiger partial charge in [0.1, 0.15) is 0 Å². The van der Waals surface area contributed by atoms with Gasteiger partial charge in [-0.3, -0.25) is 0 Å². The van der Waals surface area contributed by atoms with Crippen LogP contribution >= 0.6 is 0 Å². The van der Waals surface area contributed by atoms with Crippen molar-refractivity contribution in [2.45, 2.75) is 37.1 Å². The van der Waals surface area contributed by atoms with Crippen LogP contribution in [0.15, 0.2) is 54.6 Å². The molecular formula is C19H21N. The molecule has 1 aliphatic heterocycles. The van der Waals surface area contributed by atoms with Crippen molar-refractivity contribution in [1.82, 2.24) is 5.32 Å². The summed E-state index contributed by atoms with van der Waals surface area (Å²) >= 11 is 0. The summed E-state index contributed by atoms with van der Waals surface area (Å²) < 4.78 is 0. The van der Waals surface area contributed by atoms with E-state index in [2.05, 4.69) is 59.9 Å². The van der Waals surface area contributed by atoms with E-state index >= 15 is 0 Å². The van der Waals surface area contributed by atoms with Crippen LogP contribution in [0.1, 0.15) is 53.8 Å². The minimum absolute atomic E-state index is 0.477. The highest BCUT2D eigenvalue weighted by atomic mass is 15.0. The molecule has 2 atom stereocenters. The maximum Gasteiger partial charge on any atom is 0.0390 e. The molecule has 20 heavy (non-hydrogen) atoms. The first-order valence-corrected chi connectivity index (χ1v) is 7.80. The van der Waals surface area contributed by atoms with E-state index in [1.807, 2.05) is 0 Å². The van der Waals surface area contributed by atoms with Crippen molar-refractivity contribution in [3.8, 4) is 0 Å². The standard InChI is InChI=1S/C19H21N/c1-2-4-16(5-3-1)18-12-13-20-19(18)17-10-8-15(9-11-17)14-6-7-14/h1-5,8-11,14,18-20H,6-7,12-13H2. The van der Waals surface area contributed by atoms with Gasteiger partial charge in [-0.05, 0) is 48.4 Å². The average Bonchev–Trinajstić information content (AvgIpc) is 3.25. The molecular weight excluding hydrogens is 242 g/mol. The number of rotatable bonds is 3. The Bertz CT molecular complexity index is 568. The minimum atomic E-state index is 0.477. The molecule has 2 aromatic carbocycles. The van der Waals surface area contributed by atoms with E-state index < -0.39 is 0 Å². The molecule has 2 fully saturated rings. The summed E-state index contributed by atoms with van der Waals surface area (Å²) in [6.45, 7) is 1.12. The third-order valence-corrected chi connectivity index (χ3v) is 4.79. The van der Waals surface area contributed by atoms with Crippen molar-refractivity contribution in [2.75, 3.05) is 6.54 Å². The van der Waals surface area contributed by atoms with E-state index in [9.17, 15) is 0 Å². The van der Waals surface area contributed by atoms with E-state index in [0.29, 0.717) is 12.0 Å². The van der Waals surface area contributed by atoms with E-state index in [0.717, 1.165) is 12.5 Å². The Labute approximate surface area is 121 Å². The van der Waals surface area contributed by atoms with E-state index in [1.165, 1.54) is 36.0 Å². The summed E-state index contributed by atoms with van der Waals surface area (Å²) in [4.78, 5) is 0. The fourth-order valence-electron chi connectivity index (χ4n) is 3.50. The largest absolute Gasteiger partial charge is 0.309 e. The first-order chi connectivity index (χ1) is 9.92. The maximum atomic E-state index is 3.69. The minimum Gasteiger partial charge on any atom is -0.309 e. The molecule has 1 saturated carbocycles. The van der Waals surface area contributed by atoms with Crippen LogP contribution in [0.4, 0.5) is 0 Å². The molecule has 0 radical (unpaired) electrons. The fraction of sp³-hybridized carbons (Fsp3) is 0.368. The second-order valence-electron chi connectivity index (χ2n) is 6.18. The van der Waals surface area contributed by atoms with Crippen molar-refractivity contribution >= 4 is 0 Å². The second kappa shape index (κ2) is 5.06. The molecule has 2 aliphatic rings. The highest BCUT2D eigenvalue weighted by Gasteiger charge is 2.30. The zero-order chi connectivity index (χ0) is 13.4. The molecule has 0 bridgehead atoms. The molecule has 0 aromatic heterocycles. The third-order valence-electron chi connectivity index (χ3n) is 4.79. The summed E-state index contributed by atoms with van der Waals surface area (Å²) in [6, 6.07) is 20.8. The molecule has 1 nitrogen and oxygen atoms in total. The molecule has 0 amide bonds. The number of nitrogens with one attached hydrogen (secondary N) is 1. The highest BCUT2D eigenvalue weighted by molar-refractivity contribution is 5.33. The van der Waals surface area contributed by atoms with Crippen molar-refractivity contribution in [2.24, 2.45) is 0 Å². The Hall–Kier alpha value is -1.60. The first kappa shape index (κ1) is 12.2. The molecule has 1 heterocycles. The Kier molecular flexibility index (Phi) is 3.08. The SMILES string of the molecule is c1ccc(C2CCNC2c2ccc(C3CC3)cc2)cc1. The topological polar surface area (TPSA) is 12.0 Å². The van der Waals surface area contributed by atoms with Crippen LogP contribution in [0.2, 0.25) is 0 Å². The van der Waals surface area contributed by atoms with E-state index in [1.54, 1.807) is 0 Å². The summed E-state index contributed by atoms with van der Waals surface area (Å²) in [5.41, 5.74) is 4.44. The average molecular weight is 263 g/mol. The van der Waals surface area contributed by atoms with Gasteiger partial charge < -0.3 is 5.32 Å². The van der Waals surface area contributed by atoms with Crippen molar-refractivity contribution in [3.63, 3.8) is 0 Å². The Morgan fingerprint density at radius 3 is 2.10 bits per heavy atom. The molecule has 1 N–H and O–H groups in total. The predicted molar refractivity (Wildman–Crippen MR) is 83.0 cm³/mol. The zero-order valence-corrected chi connectivity index (χ0v) is 11.8. The van der Waals surface area contributed by atoms with E-state index in [-0.39, 0.29) is 0 Å². The molecule has 102 valence electrons. The van der Waals surface area contributed by atoms with Gasteiger partial charge in [-0.25, -0.2) is 0 Å². The monoisotopic (exact) mass is 263 g/mol. The maximum absolute atomic E-state index is 3.69. The van der Waals surface area contributed by atoms with Crippen LogP contribution in [-0.4, -0.2) is 6.54 Å².